The van der Waals surface area contributed by atoms with Crippen LogP contribution in [-0.4, -0.2) is 17.1 Å². The Morgan fingerprint density at radius 2 is 2.09 bits per heavy atom. The number of nitrogens with zero attached hydrogens (tertiary/aromatic N) is 1. The first-order valence-electron chi connectivity index (χ1n) is 7.19. The second-order valence-corrected chi connectivity index (χ2v) is 6.75. The Kier molecular flexibility index (Phi) is 3.74. The summed E-state index contributed by atoms with van der Waals surface area (Å²) in [6.45, 7) is 6.07. The first-order chi connectivity index (χ1) is 10.5. The fourth-order valence-corrected chi connectivity index (χ4v) is 3.59. The molecule has 3 rings (SSSR count). The van der Waals surface area contributed by atoms with E-state index in [-0.39, 0.29) is 11.5 Å². The highest BCUT2D eigenvalue weighted by Crippen LogP contribution is 2.36. The molecule has 4 nitrogen and oxygen atoms in total. The van der Waals surface area contributed by atoms with E-state index in [0.29, 0.717) is 5.39 Å². The molecule has 0 amide bonds. The van der Waals surface area contributed by atoms with Crippen molar-refractivity contribution in [3.8, 4) is 16.9 Å². The summed E-state index contributed by atoms with van der Waals surface area (Å²) in [6, 6.07) is 7.77. The van der Waals surface area contributed by atoms with Crippen LogP contribution in [-0.2, 0) is 0 Å². The van der Waals surface area contributed by atoms with E-state index in [9.17, 15) is 4.79 Å². The van der Waals surface area contributed by atoms with Crippen LogP contribution in [0.3, 0.4) is 0 Å². The van der Waals surface area contributed by atoms with Gasteiger partial charge in [-0.25, -0.2) is 4.98 Å². The minimum absolute atomic E-state index is 0.0733. The van der Waals surface area contributed by atoms with Crippen LogP contribution in [0.2, 0.25) is 0 Å². The van der Waals surface area contributed by atoms with Crippen LogP contribution in [0.4, 0.5) is 0 Å². The van der Waals surface area contributed by atoms with E-state index in [1.807, 2.05) is 45.0 Å². The SMILES string of the molecule is COc1cccc(-c2c(C)sc3nc(C(C)C)[nH]c(=O)c23)c1. The Labute approximate surface area is 132 Å². The van der Waals surface area contributed by atoms with E-state index in [1.165, 1.54) is 0 Å². The van der Waals surface area contributed by atoms with Crippen LogP contribution >= 0.6 is 11.3 Å². The second kappa shape index (κ2) is 5.57. The Bertz CT molecular complexity index is 893. The first-order valence-corrected chi connectivity index (χ1v) is 8.00. The molecule has 1 N–H and O–H groups in total. The van der Waals surface area contributed by atoms with E-state index in [2.05, 4.69) is 9.97 Å². The molecule has 0 fully saturated rings. The molecule has 0 spiro atoms. The van der Waals surface area contributed by atoms with Crippen molar-refractivity contribution in [1.29, 1.82) is 0 Å². The lowest BCUT2D eigenvalue weighted by Gasteiger charge is -2.06. The van der Waals surface area contributed by atoms with Gasteiger partial charge in [0.25, 0.3) is 5.56 Å². The van der Waals surface area contributed by atoms with E-state index < -0.39 is 0 Å². The summed E-state index contributed by atoms with van der Waals surface area (Å²) in [6.07, 6.45) is 0. The van der Waals surface area contributed by atoms with Gasteiger partial charge in [-0.2, -0.15) is 0 Å². The van der Waals surface area contributed by atoms with Gasteiger partial charge < -0.3 is 9.72 Å². The quantitative estimate of drug-likeness (QED) is 0.792. The van der Waals surface area contributed by atoms with E-state index in [0.717, 1.165) is 32.4 Å². The van der Waals surface area contributed by atoms with Crippen LogP contribution in [0.25, 0.3) is 21.3 Å². The fourth-order valence-electron chi connectivity index (χ4n) is 2.54. The Morgan fingerprint density at radius 1 is 1.32 bits per heavy atom. The summed E-state index contributed by atoms with van der Waals surface area (Å²) in [5.41, 5.74) is 1.85. The summed E-state index contributed by atoms with van der Waals surface area (Å²) >= 11 is 1.56. The van der Waals surface area contributed by atoms with Crippen LogP contribution in [0.15, 0.2) is 29.1 Å². The number of thiophene rings is 1. The highest BCUT2D eigenvalue weighted by molar-refractivity contribution is 7.19. The lowest BCUT2D eigenvalue weighted by Crippen LogP contribution is -2.12. The zero-order valence-electron chi connectivity index (χ0n) is 13.1. The van der Waals surface area contributed by atoms with Crippen LogP contribution in [0.1, 0.15) is 30.5 Å². The van der Waals surface area contributed by atoms with E-state index in [1.54, 1.807) is 18.4 Å². The average molecular weight is 314 g/mol. The molecule has 22 heavy (non-hydrogen) atoms. The topological polar surface area (TPSA) is 55.0 Å². The maximum absolute atomic E-state index is 12.5. The molecule has 0 atom stereocenters. The van der Waals surface area contributed by atoms with Crippen molar-refractivity contribution < 1.29 is 4.74 Å². The standard InChI is InChI=1S/C17H18N2O2S/c1-9(2)15-18-16(20)14-13(10(3)22-17(14)19-15)11-6-5-7-12(8-11)21-4/h5-9H,1-4H3,(H,18,19,20). The number of rotatable bonds is 3. The summed E-state index contributed by atoms with van der Waals surface area (Å²) in [5, 5.41) is 0.667. The normalized spacial score (nSPS) is 11.3. The van der Waals surface area contributed by atoms with Crippen molar-refractivity contribution in [2.45, 2.75) is 26.7 Å². The maximum Gasteiger partial charge on any atom is 0.260 e. The van der Waals surface area contributed by atoms with Gasteiger partial charge in [0.2, 0.25) is 0 Å². The van der Waals surface area contributed by atoms with Crippen molar-refractivity contribution in [2.24, 2.45) is 0 Å². The van der Waals surface area contributed by atoms with E-state index in [4.69, 9.17) is 4.74 Å². The van der Waals surface area contributed by atoms with Crippen molar-refractivity contribution in [2.75, 3.05) is 7.11 Å². The highest BCUT2D eigenvalue weighted by Gasteiger charge is 2.17. The predicted octanol–water partition coefficient (Wildman–Crippen LogP) is 4.09. The summed E-state index contributed by atoms with van der Waals surface area (Å²) in [5.74, 6) is 1.70. The van der Waals surface area contributed by atoms with Crippen LogP contribution < -0.4 is 10.3 Å². The number of ether oxygens (including phenoxy) is 1. The van der Waals surface area contributed by atoms with Gasteiger partial charge in [0.1, 0.15) is 16.4 Å². The number of fused-ring (bicyclic) bond motifs is 1. The number of aryl methyl sites for hydroxylation is 1. The van der Waals surface area contributed by atoms with Gasteiger partial charge in [-0.1, -0.05) is 26.0 Å². The highest BCUT2D eigenvalue weighted by atomic mass is 32.1. The Hall–Kier alpha value is -2.14. The molecule has 0 unspecified atom stereocenters. The lowest BCUT2D eigenvalue weighted by molar-refractivity contribution is 0.415. The minimum Gasteiger partial charge on any atom is -0.497 e. The van der Waals surface area contributed by atoms with Gasteiger partial charge in [0, 0.05) is 16.4 Å². The number of aromatic amines is 1. The number of aromatic nitrogens is 2. The summed E-state index contributed by atoms with van der Waals surface area (Å²) in [4.78, 5) is 22.0. The van der Waals surface area contributed by atoms with Gasteiger partial charge in [-0.3, -0.25) is 4.79 Å². The smallest absolute Gasteiger partial charge is 0.260 e. The fraction of sp³-hybridized carbons (Fsp3) is 0.294. The van der Waals surface area contributed by atoms with Gasteiger partial charge >= 0.3 is 0 Å². The molecule has 0 aliphatic heterocycles. The molecular formula is C17H18N2O2S. The molecule has 114 valence electrons. The minimum atomic E-state index is -0.0733. The third-order valence-electron chi connectivity index (χ3n) is 3.66. The van der Waals surface area contributed by atoms with Gasteiger partial charge in [-0.15, -0.1) is 11.3 Å². The average Bonchev–Trinajstić information content (AvgIpc) is 2.83. The molecular weight excluding hydrogens is 296 g/mol. The Balaban J connectivity index is 2.30. The van der Waals surface area contributed by atoms with Crippen molar-refractivity contribution in [3.05, 3.63) is 45.3 Å². The molecule has 2 heterocycles. The zero-order chi connectivity index (χ0) is 15.9. The van der Waals surface area contributed by atoms with Gasteiger partial charge in [-0.05, 0) is 24.6 Å². The van der Waals surface area contributed by atoms with Gasteiger partial charge in [0.05, 0.1) is 12.5 Å². The number of benzene rings is 1. The molecule has 0 aliphatic rings. The van der Waals surface area contributed by atoms with E-state index >= 15 is 0 Å². The van der Waals surface area contributed by atoms with Crippen molar-refractivity contribution in [3.63, 3.8) is 0 Å². The van der Waals surface area contributed by atoms with Crippen LogP contribution in [0.5, 0.6) is 5.75 Å². The summed E-state index contributed by atoms with van der Waals surface area (Å²) < 4.78 is 5.29. The summed E-state index contributed by atoms with van der Waals surface area (Å²) in [7, 11) is 1.64. The third-order valence-corrected chi connectivity index (χ3v) is 4.66. The zero-order valence-corrected chi connectivity index (χ0v) is 13.9. The number of hydrogen-bond donors (Lipinski definition) is 1. The molecule has 0 radical (unpaired) electrons. The second-order valence-electron chi connectivity index (χ2n) is 5.55. The van der Waals surface area contributed by atoms with Gasteiger partial charge in [0.15, 0.2) is 0 Å². The molecule has 0 saturated heterocycles. The maximum atomic E-state index is 12.5. The molecule has 2 aromatic heterocycles. The molecule has 0 saturated carbocycles. The van der Waals surface area contributed by atoms with Crippen molar-refractivity contribution in [1.82, 2.24) is 9.97 Å². The molecule has 0 bridgehead atoms. The number of hydrogen-bond acceptors (Lipinski definition) is 4. The largest absolute Gasteiger partial charge is 0.497 e. The molecule has 0 aliphatic carbocycles. The van der Waals surface area contributed by atoms with Crippen LogP contribution in [0, 0.1) is 6.92 Å². The third kappa shape index (κ3) is 2.41. The number of methoxy groups -OCH3 is 1. The first kappa shape index (κ1) is 14.8. The van der Waals surface area contributed by atoms with Crippen molar-refractivity contribution >= 4 is 21.6 Å². The molecule has 3 aromatic rings. The predicted molar refractivity (Wildman–Crippen MR) is 91.1 cm³/mol. The molecule has 5 heteroatoms. The lowest BCUT2D eigenvalue weighted by atomic mass is 10.0. The Morgan fingerprint density at radius 3 is 2.77 bits per heavy atom. The molecule has 1 aromatic carbocycles. The number of nitrogens with one attached hydrogen (secondary N) is 1. The number of H-pyrrole nitrogens is 1. The monoisotopic (exact) mass is 314 g/mol.